The van der Waals surface area contributed by atoms with Crippen LogP contribution in [0, 0.1) is 0 Å². The van der Waals surface area contributed by atoms with Crippen LogP contribution in [0.4, 0.5) is 11.5 Å². The first kappa shape index (κ1) is 22.3. The highest BCUT2D eigenvalue weighted by molar-refractivity contribution is 7.89. The van der Waals surface area contributed by atoms with E-state index in [1.54, 1.807) is 28.9 Å². The minimum absolute atomic E-state index is 0.238. The average Bonchev–Trinajstić information content (AvgIpc) is 3.46. The number of nitrogens with zero attached hydrogens (tertiary/aromatic N) is 6. The second-order valence-corrected chi connectivity index (χ2v) is 10.8. The summed E-state index contributed by atoms with van der Waals surface area (Å²) < 4.78 is 29.8. The van der Waals surface area contributed by atoms with Gasteiger partial charge in [0.15, 0.2) is 11.5 Å². The molecule has 0 atom stereocenters. The van der Waals surface area contributed by atoms with Crippen LogP contribution < -0.4 is 5.32 Å². The predicted molar refractivity (Wildman–Crippen MR) is 132 cm³/mol. The van der Waals surface area contributed by atoms with Gasteiger partial charge in [-0.1, -0.05) is 6.08 Å². The van der Waals surface area contributed by atoms with E-state index in [2.05, 4.69) is 21.5 Å². The van der Waals surface area contributed by atoms with Gasteiger partial charge in [-0.25, -0.2) is 22.7 Å². The number of hydrogen-bond donors (Lipinski definition) is 1. The van der Waals surface area contributed by atoms with Crippen LogP contribution in [0.15, 0.2) is 60.0 Å². The molecule has 0 unspecified atom stereocenters. The Morgan fingerprint density at radius 2 is 1.85 bits per heavy atom. The molecule has 0 amide bonds. The quantitative estimate of drug-likeness (QED) is 0.449. The molecule has 0 radical (unpaired) electrons. The lowest BCUT2D eigenvalue weighted by molar-refractivity contribution is 0.521. The van der Waals surface area contributed by atoms with Crippen molar-refractivity contribution in [3.8, 4) is 11.3 Å². The van der Waals surface area contributed by atoms with Gasteiger partial charge in [-0.3, -0.25) is 9.08 Å². The molecule has 0 aliphatic heterocycles. The zero-order chi connectivity index (χ0) is 23.9. The van der Waals surface area contributed by atoms with Crippen molar-refractivity contribution in [1.29, 1.82) is 0 Å². The molecule has 1 aromatic carbocycles. The van der Waals surface area contributed by atoms with Crippen molar-refractivity contribution in [3.05, 3.63) is 60.8 Å². The van der Waals surface area contributed by atoms with Gasteiger partial charge in [0.2, 0.25) is 10.0 Å². The molecule has 3 heterocycles. The van der Waals surface area contributed by atoms with E-state index >= 15 is 0 Å². The Hall–Kier alpha value is -3.50. The van der Waals surface area contributed by atoms with E-state index in [9.17, 15) is 8.42 Å². The number of nitrogens with one attached hydrogen (secondary N) is 1. The van der Waals surface area contributed by atoms with Gasteiger partial charge in [0.1, 0.15) is 0 Å². The first-order valence-corrected chi connectivity index (χ1v) is 12.6. The molecule has 10 heteroatoms. The second kappa shape index (κ2) is 8.69. The fraction of sp³-hybridized carbons (Fsp3) is 0.292. The molecule has 34 heavy (non-hydrogen) atoms. The largest absolute Gasteiger partial charge is 0.337 e. The van der Waals surface area contributed by atoms with Gasteiger partial charge in [0.05, 0.1) is 28.7 Å². The number of benzene rings is 1. The van der Waals surface area contributed by atoms with Gasteiger partial charge >= 0.3 is 0 Å². The third-order valence-corrected chi connectivity index (χ3v) is 7.84. The van der Waals surface area contributed by atoms with Crippen LogP contribution in [0.2, 0.25) is 0 Å². The molecule has 0 fully saturated rings. The Morgan fingerprint density at radius 1 is 1.06 bits per heavy atom. The molecule has 0 saturated heterocycles. The molecule has 4 aromatic rings. The smallest absolute Gasteiger partial charge is 0.242 e. The Balaban J connectivity index is 1.58. The van der Waals surface area contributed by atoms with E-state index in [1.807, 2.05) is 36.2 Å². The van der Waals surface area contributed by atoms with Crippen molar-refractivity contribution in [2.24, 2.45) is 7.05 Å². The number of allylic oxidation sites excluding steroid dienone is 2. The van der Waals surface area contributed by atoms with Crippen molar-refractivity contribution in [1.82, 2.24) is 28.5 Å². The molecule has 176 valence electrons. The van der Waals surface area contributed by atoms with Crippen molar-refractivity contribution >= 4 is 32.7 Å². The van der Waals surface area contributed by atoms with Crippen molar-refractivity contribution < 1.29 is 8.42 Å². The Labute approximate surface area is 198 Å². The summed E-state index contributed by atoms with van der Waals surface area (Å²) >= 11 is 0. The summed E-state index contributed by atoms with van der Waals surface area (Å²) in [6, 6.07) is 6.67. The summed E-state index contributed by atoms with van der Waals surface area (Å²) in [4.78, 5) is 9.80. The van der Waals surface area contributed by atoms with Crippen molar-refractivity contribution in [2.45, 2.75) is 30.6 Å². The van der Waals surface area contributed by atoms with Gasteiger partial charge in [-0.05, 0) is 55.5 Å². The number of sulfonamides is 1. The SMILES string of the molecule is CN(C)S(=O)(=O)c1ccc(Nc2nc(C3=CCCCC3)cn3c(-c4cnn(C)c4)cnc23)cc1. The van der Waals surface area contributed by atoms with Gasteiger partial charge in [0.25, 0.3) is 0 Å². The maximum Gasteiger partial charge on any atom is 0.242 e. The van der Waals surface area contributed by atoms with Crippen LogP contribution in [0.5, 0.6) is 0 Å². The van der Waals surface area contributed by atoms with E-state index in [0.717, 1.165) is 41.9 Å². The molecule has 1 aliphatic rings. The first-order valence-electron chi connectivity index (χ1n) is 11.2. The summed E-state index contributed by atoms with van der Waals surface area (Å²) in [5.74, 6) is 0.613. The number of fused-ring (bicyclic) bond motifs is 1. The average molecular weight is 478 g/mol. The molecular weight excluding hydrogens is 450 g/mol. The zero-order valence-electron chi connectivity index (χ0n) is 19.4. The number of aromatic nitrogens is 5. The Bertz CT molecular complexity index is 1480. The second-order valence-electron chi connectivity index (χ2n) is 8.63. The summed E-state index contributed by atoms with van der Waals surface area (Å²) in [6.45, 7) is 0. The van der Waals surface area contributed by atoms with Crippen LogP contribution in [0.3, 0.4) is 0 Å². The minimum Gasteiger partial charge on any atom is -0.337 e. The normalized spacial score (nSPS) is 14.5. The molecule has 1 aliphatic carbocycles. The number of rotatable bonds is 6. The van der Waals surface area contributed by atoms with E-state index in [-0.39, 0.29) is 4.90 Å². The lowest BCUT2D eigenvalue weighted by atomic mass is 9.97. The minimum atomic E-state index is -3.49. The molecule has 0 spiro atoms. The van der Waals surface area contributed by atoms with Gasteiger partial charge in [-0.15, -0.1) is 0 Å². The topological polar surface area (TPSA) is 97.4 Å². The molecule has 5 rings (SSSR count). The molecule has 0 saturated carbocycles. The van der Waals surface area contributed by atoms with Gasteiger partial charge in [0, 0.05) is 44.8 Å². The summed E-state index contributed by atoms with van der Waals surface area (Å²) in [6.07, 6.45) is 14.3. The molecule has 3 aromatic heterocycles. The number of aryl methyl sites for hydroxylation is 1. The Kier molecular flexibility index (Phi) is 5.70. The van der Waals surface area contributed by atoms with E-state index < -0.39 is 10.0 Å². The van der Waals surface area contributed by atoms with E-state index in [0.29, 0.717) is 11.5 Å². The first-order chi connectivity index (χ1) is 16.3. The maximum atomic E-state index is 12.4. The van der Waals surface area contributed by atoms with Crippen molar-refractivity contribution in [3.63, 3.8) is 0 Å². The fourth-order valence-electron chi connectivity index (χ4n) is 4.12. The van der Waals surface area contributed by atoms with Crippen LogP contribution in [-0.2, 0) is 17.1 Å². The highest BCUT2D eigenvalue weighted by atomic mass is 32.2. The number of anilines is 2. The fourth-order valence-corrected chi connectivity index (χ4v) is 5.02. The lowest BCUT2D eigenvalue weighted by Gasteiger charge is -2.16. The van der Waals surface area contributed by atoms with Crippen LogP contribution >= 0.6 is 0 Å². The predicted octanol–water partition coefficient (Wildman–Crippen LogP) is 4.08. The number of imidazole rings is 1. The Morgan fingerprint density at radius 3 is 2.50 bits per heavy atom. The lowest BCUT2D eigenvalue weighted by Crippen LogP contribution is -2.22. The summed E-state index contributed by atoms with van der Waals surface area (Å²) in [5.41, 5.74) is 5.45. The third kappa shape index (κ3) is 4.10. The molecule has 1 N–H and O–H groups in total. The zero-order valence-corrected chi connectivity index (χ0v) is 20.2. The summed E-state index contributed by atoms with van der Waals surface area (Å²) in [5, 5.41) is 7.66. The standard InChI is InChI=1S/C24H27N7O2S/c1-29(2)34(32,33)20-11-9-19(10-12-20)27-23-24-25-14-22(18-13-26-30(3)15-18)31(24)16-21(28-23)17-7-5-4-6-8-17/h7,9-16H,4-6,8H2,1-3H3,(H,27,28). The van der Waals surface area contributed by atoms with Crippen LogP contribution in [0.1, 0.15) is 31.4 Å². The van der Waals surface area contributed by atoms with Crippen molar-refractivity contribution in [2.75, 3.05) is 19.4 Å². The monoisotopic (exact) mass is 477 g/mol. The third-order valence-electron chi connectivity index (χ3n) is 6.01. The van der Waals surface area contributed by atoms with E-state index in [1.165, 1.54) is 30.4 Å². The highest BCUT2D eigenvalue weighted by Crippen LogP contribution is 2.31. The molecule has 9 nitrogen and oxygen atoms in total. The van der Waals surface area contributed by atoms with Crippen LogP contribution in [-0.4, -0.2) is 51.0 Å². The van der Waals surface area contributed by atoms with Gasteiger partial charge in [-0.2, -0.15) is 5.10 Å². The molecule has 0 bridgehead atoms. The van der Waals surface area contributed by atoms with Gasteiger partial charge < -0.3 is 5.32 Å². The highest BCUT2D eigenvalue weighted by Gasteiger charge is 2.19. The number of hydrogen-bond acceptors (Lipinski definition) is 6. The summed E-state index contributed by atoms with van der Waals surface area (Å²) in [7, 11) is 1.44. The molecular formula is C24H27N7O2S. The maximum absolute atomic E-state index is 12.4. The van der Waals surface area contributed by atoms with Crippen LogP contribution in [0.25, 0.3) is 22.5 Å². The van der Waals surface area contributed by atoms with E-state index in [4.69, 9.17) is 4.98 Å².